The number of hydrogen-bond acceptors (Lipinski definition) is 4. The zero-order chi connectivity index (χ0) is 14.7. The van der Waals surface area contributed by atoms with E-state index in [1.807, 2.05) is 7.05 Å². The van der Waals surface area contributed by atoms with E-state index in [-0.39, 0.29) is 0 Å². The van der Waals surface area contributed by atoms with Gasteiger partial charge in [0.05, 0.1) is 17.8 Å². The van der Waals surface area contributed by atoms with Crippen molar-refractivity contribution < 1.29 is 4.74 Å². The molecule has 1 saturated heterocycles. The lowest BCUT2D eigenvalue weighted by molar-refractivity contribution is 0.182. The number of nitrogens with one attached hydrogen (secondary N) is 1. The number of fused-ring (bicyclic) bond motifs is 1. The van der Waals surface area contributed by atoms with Crippen LogP contribution in [0.15, 0.2) is 24.3 Å². The van der Waals surface area contributed by atoms with Gasteiger partial charge in [0.2, 0.25) is 0 Å². The highest BCUT2D eigenvalue weighted by Gasteiger charge is 2.13. The van der Waals surface area contributed by atoms with Gasteiger partial charge in [0.25, 0.3) is 0 Å². The number of methoxy groups -OCH3 is 1. The van der Waals surface area contributed by atoms with Crippen LogP contribution in [0.25, 0.3) is 10.9 Å². The van der Waals surface area contributed by atoms with E-state index < -0.39 is 0 Å². The first-order valence-corrected chi connectivity index (χ1v) is 7.67. The highest BCUT2D eigenvalue weighted by atomic mass is 16.5. The van der Waals surface area contributed by atoms with Gasteiger partial charge in [-0.1, -0.05) is 0 Å². The number of anilines is 2. The lowest BCUT2D eigenvalue weighted by Crippen LogP contribution is -2.29. The Morgan fingerprint density at radius 1 is 1.19 bits per heavy atom. The molecule has 2 aromatic rings. The lowest BCUT2D eigenvalue weighted by atomic mass is 10.1. The van der Waals surface area contributed by atoms with Crippen LogP contribution in [0.1, 0.15) is 25.0 Å². The van der Waals surface area contributed by atoms with Crippen molar-refractivity contribution in [1.29, 1.82) is 0 Å². The number of piperidine rings is 1. The average molecular weight is 285 g/mol. The molecule has 0 bridgehead atoms. The van der Waals surface area contributed by atoms with Gasteiger partial charge >= 0.3 is 0 Å². The van der Waals surface area contributed by atoms with Crippen molar-refractivity contribution in [3.05, 3.63) is 30.0 Å². The van der Waals surface area contributed by atoms with Crippen LogP contribution in [-0.2, 0) is 11.3 Å². The number of hydrogen-bond donors (Lipinski definition) is 1. The van der Waals surface area contributed by atoms with E-state index in [2.05, 4.69) is 39.5 Å². The Labute approximate surface area is 126 Å². The molecule has 1 aromatic carbocycles. The fourth-order valence-corrected chi connectivity index (χ4v) is 3.05. The first-order valence-electron chi connectivity index (χ1n) is 7.67. The predicted molar refractivity (Wildman–Crippen MR) is 88.1 cm³/mol. The maximum Gasteiger partial charge on any atom is 0.0885 e. The van der Waals surface area contributed by atoms with Crippen LogP contribution in [-0.4, -0.2) is 32.2 Å². The molecule has 0 saturated carbocycles. The molecule has 3 rings (SSSR count). The molecule has 0 aliphatic carbocycles. The predicted octanol–water partition coefficient (Wildman–Crippen LogP) is 3.41. The first-order chi connectivity index (χ1) is 10.3. The molecule has 0 unspecified atom stereocenters. The van der Waals surface area contributed by atoms with Crippen molar-refractivity contribution in [1.82, 2.24) is 4.98 Å². The van der Waals surface area contributed by atoms with Gasteiger partial charge in [-0.05, 0) is 43.5 Å². The van der Waals surface area contributed by atoms with Crippen molar-refractivity contribution in [3.63, 3.8) is 0 Å². The van der Waals surface area contributed by atoms with Gasteiger partial charge in [0.15, 0.2) is 0 Å². The van der Waals surface area contributed by atoms with E-state index in [4.69, 9.17) is 4.74 Å². The minimum absolute atomic E-state index is 0.540. The second kappa shape index (κ2) is 6.31. The maximum absolute atomic E-state index is 5.20. The van der Waals surface area contributed by atoms with Crippen LogP contribution < -0.4 is 10.2 Å². The Kier molecular flexibility index (Phi) is 4.25. The Bertz CT molecular complexity index is 621. The molecule has 1 aliphatic rings. The minimum Gasteiger partial charge on any atom is -0.388 e. The second-order valence-electron chi connectivity index (χ2n) is 5.59. The average Bonchev–Trinajstić information content (AvgIpc) is 2.55. The highest BCUT2D eigenvalue weighted by molar-refractivity contribution is 5.93. The fraction of sp³-hybridized carbons (Fsp3) is 0.471. The number of benzene rings is 1. The number of aromatic nitrogens is 1. The van der Waals surface area contributed by atoms with Crippen LogP contribution in [0.5, 0.6) is 0 Å². The van der Waals surface area contributed by atoms with Gasteiger partial charge < -0.3 is 15.0 Å². The molecule has 112 valence electrons. The quantitative estimate of drug-likeness (QED) is 0.934. The summed E-state index contributed by atoms with van der Waals surface area (Å²) in [5.41, 5.74) is 4.40. The topological polar surface area (TPSA) is 37.4 Å². The number of nitrogens with zero attached hydrogens (tertiary/aromatic N) is 2. The molecular formula is C17H23N3O. The van der Waals surface area contributed by atoms with E-state index in [1.165, 1.54) is 30.3 Å². The third-order valence-electron chi connectivity index (χ3n) is 4.13. The molecule has 0 atom stereocenters. The van der Waals surface area contributed by atoms with Crippen molar-refractivity contribution in [2.45, 2.75) is 25.9 Å². The van der Waals surface area contributed by atoms with Gasteiger partial charge in [-0.15, -0.1) is 0 Å². The zero-order valence-electron chi connectivity index (χ0n) is 12.9. The summed E-state index contributed by atoms with van der Waals surface area (Å²) in [5, 5.41) is 4.47. The van der Waals surface area contributed by atoms with E-state index in [9.17, 15) is 0 Å². The SMILES string of the molecule is CNc1cc(COC)nc2ccc(N3CCCCC3)cc12. The molecule has 0 spiro atoms. The Morgan fingerprint density at radius 3 is 2.71 bits per heavy atom. The number of pyridine rings is 1. The third kappa shape index (κ3) is 2.95. The summed E-state index contributed by atoms with van der Waals surface area (Å²) >= 11 is 0. The monoisotopic (exact) mass is 285 g/mol. The fourth-order valence-electron chi connectivity index (χ4n) is 3.05. The summed E-state index contributed by atoms with van der Waals surface area (Å²) in [4.78, 5) is 7.15. The molecule has 4 nitrogen and oxygen atoms in total. The summed E-state index contributed by atoms with van der Waals surface area (Å²) in [6, 6.07) is 8.65. The molecule has 1 fully saturated rings. The molecular weight excluding hydrogens is 262 g/mol. The van der Waals surface area contributed by atoms with Gasteiger partial charge in [-0.2, -0.15) is 0 Å². The van der Waals surface area contributed by atoms with Gasteiger partial charge in [-0.3, -0.25) is 4.98 Å². The van der Waals surface area contributed by atoms with Crippen molar-refractivity contribution in [2.75, 3.05) is 37.5 Å². The molecule has 0 radical (unpaired) electrons. The molecule has 1 N–H and O–H groups in total. The summed E-state index contributed by atoms with van der Waals surface area (Å²) < 4.78 is 5.20. The maximum atomic E-state index is 5.20. The third-order valence-corrected chi connectivity index (χ3v) is 4.13. The van der Waals surface area contributed by atoms with Crippen LogP contribution in [0.4, 0.5) is 11.4 Å². The van der Waals surface area contributed by atoms with Crippen LogP contribution >= 0.6 is 0 Å². The van der Waals surface area contributed by atoms with Crippen molar-refractivity contribution >= 4 is 22.3 Å². The second-order valence-corrected chi connectivity index (χ2v) is 5.59. The van der Waals surface area contributed by atoms with E-state index >= 15 is 0 Å². The Hall–Kier alpha value is -1.81. The summed E-state index contributed by atoms with van der Waals surface area (Å²) in [5.74, 6) is 0. The summed E-state index contributed by atoms with van der Waals surface area (Å²) in [7, 11) is 3.66. The Morgan fingerprint density at radius 2 is 2.00 bits per heavy atom. The van der Waals surface area contributed by atoms with Crippen molar-refractivity contribution in [2.24, 2.45) is 0 Å². The highest BCUT2D eigenvalue weighted by Crippen LogP contribution is 2.29. The lowest BCUT2D eigenvalue weighted by Gasteiger charge is -2.29. The standard InChI is InChI=1S/C17H23N3O/c1-18-17-10-13(12-21-2)19-16-7-6-14(11-15(16)17)20-8-4-3-5-9-20/h6-7,10-11H,3-5,8-9,12H2,1-2H3,(H,18,19). The normalized spacial score (nSPS) is 15.4. The smallest absolute Gasteiger partial charge is 0.0885 e. The van der Waals surface area contributed by atoms with Gasteiger partial charge in [0, 0.05) is 44.0 Å². The largest absolute Gasteiger partial charge is 0.388 e. The molecule has 2 heterocycles. The minimum atomic E-state index is 0.540. The van der Waals surface area contributed by atoms with E-state index in [0.29, 0.717) is 6.61 Å². The van der Waals surface area contributed by atoms with Gasteiger partial charge in [0.1, 0.15) is 0 Å². The molecule has 4 heteroatoms. The summed E-state index contributed by atoms with van der Waals surface area (Å²) in [6.45, 7) is 2.86. The number of rotatable bonds is 4. The van der Waals surface area contributed by atoms with E-state index in [1.54, 1.807) is 7.11 Å². The van der Waals surface area contributed by atoms with Crippen molar-refractivity contribution in [3.8, 4) is 0 Å². The Balaban J connectivity index is 2.01. The summed E-state index contributed by atoms with van der Waals surface area (Å²) in [6.07, 6.45) is 3.94. The molecule has 1 aromatic heterocycles. The van der Waals surface area contributed by atoms with E-state index in [0.717, 1.165) is 30.0 Å². The van der Waals surface area contributed by atoms with Crippen LogP contribution in [0.3, 0.4) is 0 Å². The number of ether oxygens (including phenoxy) is 1. The van der Waals surface area contributed by atoms with Crippen LogP contribution in [0.2, 0.25) is 0 Å². The molecule has 1 aliphatic heterocycles. The first kappa shape index (κ1) is 14.1. The van der Waals surface area contributed by atoms with Crippen LogP contribution in [0, 0.1) is 0 Å². The molecule has 21 heavy (non-hydrogen) atoms. The van der Waals surface area contributed by atoms with Gasteiger partial charge in [-0.25, -0.2) is 0 Å². The zero-order valence-corrected chi connectivity index (χ0v) is 12.9. The molecule has 0 amide bonds.